The molecule has 20 heavy (non-hydrogen) atoms. The van der Waals surface area contributed by atoms with Crippen LogP contribution in [0.15, 0.2) is 18.2 Å². The Hall–Kier alpha value is -1.84. The largest absolute Gasteiger partial charge is 0.333 e. The van der Waals surface area contributed by atoms with Gasteiger partial charge in [0.15, 0.2) is 0 Å². The normalized spacial score (nSPS) is 15.3. The highest BCUT2D eigenvalue weighted by Crippen LogP contribution is 2.21. The number of aryl methyl sites for hydroxylation is 2. The molecule has 1 aliphatic heterocycles. The van der Waals surface area contributed by atoms with E-state index in [-0.39, 0.29) is 18.4 Å². The molecule has 2 rings (SSSR count). The number of amides is 2. The van der Waals surface area contributed by atoms with Gasteiger partial charge in [-0.3, -0.25) is 9.59 Å². The molecule has 0 bridgehead atoms. The molecule has 1 aromatic rings. The van der Waals surface area contributed by atoms with Crippen LogP contribution in [0.3, 0.4) is 0 Å². The van der Waals surface area contributed by atoms with Crippen molar-refractivity contribution in [1.29, 1.82) is 0 Å². The summed E-state index contributed by atoms with van der Waals surface area (Å²) >= 11 is 0. The molecule has 1 aliphatic rings. The van der Waals surface area contributed by atoms with E-state index in [0.29, 0.717) is 13.0 Å². The number of carbonyl (C=O) groups excluding carboxylic acids is 2. The fourth-order valence-electron chi connectivity index (χ4n) is 2.58. The summed E-state index contributed by atoms with van der Waals surface area (Å²) in [7, 11) is 0. The highest BCUT2D eigenvalue weighted by molar-refractivity contribution is 5.95. The van der Waals surface area contributed by atoms with Crippen LogP contribution in [0.1, 0.15) is 37.3 Å². The van der Waals surface area contributed by atoms with Crippen molar-refractivity contribution in [3.05, 3.63) is 29.3 Å². The third kappa shape index (κ3) is 3.38. The van der Waals surface area contributed by atoms with E-state index in [2.05, 4.69) is 12.2 Å². The molecule has 108 valence electrons. The van der Waals surface area contributed by atoms with Crippen molar-refractivity contribution in [2.45, 2.75) is 39.5 Å². The minimum Gasteiger partial charge on any atom is -0.333 e. The van der Waals surface area contributed by atoms with Crippen molar-refractivity contribution in [2.24, 2.45) is 0 Å². The van der Waals surface area contributed by atoms with Crippen LogP contribution >= 0.6 is 0 Å². The Labute approximate surface area is 120 Å². The maximum Gasteiger partial charge on any atom is 0.244 e. The van der Waals surface area contributed by atoms with Gasteiger partial charge in [-0.25, -0.2) is 0 Å². The lowest BCUT2D eigenvalue weighted by Crippen LogP contribution is -2.40. The second kappa shape index (κ2) is 6.55. The van der Waals surface area contributed by atoms with Gasteiger partial charge < -0.3 is 10.2 Å². The smallest absolute Gasteiger partial charge is 0.244 e. The zero-order valence-corrected chi connectivity index (χ0v) is 12.2. The number of hydrogen-bond donors (Lipinski definition) is 1. The minimum atomic E-state index is -0.107. The highest BCUT2D eigenvalue weighted by Gasteiger charge is 2.20. The van der Waals surface area contributed by atoms with E-state index in [1.807, 2.05) is 25.1 Å². The molecule has 0 atom stereocenters. The molecule has 0 unspecified atom stereocenters. The minimum absolute atomic E-state index is 0.0897. The number of rotatable bonds is 4. The van der Waals surface area contributed by atoms with Gasteiger partial charge in [0, 0.05) is 18.7 Å². The van der Waals surface area contributed by atoms with Gasteiger partial charge in [0.2, 0.25) is 11.8 Å². The summed E-state index contributed by atoms with van der Waals surface area (Å²) in [5.41, 5.74) is 3.08. The summed E-state index contributed by atoms with van der Waals surface area (Å²) in [5.74, 6) is -0.0175. The maximum absolute atomic E-state index is 12.1. The second-order valence-corrected chi connectivity index (χ2v) is 5.28. The average Bonchev–Trinajstić information content (AvgIpc) is 2.43. The van der Waals surface area contributed by atoms with Crippen LogP contribution in [0, 0.1) is 6.92 Å². The van der Waals surface area contributed by atoms with E-state index in [1.165, 1.54) is 0 Å². The van der Waals surface area contributed by atoms with Gasteiger partial charge in [-0.15, -0.1) is 0 Å². The summed E-state index contributed by atoms with van der Waals surface area (Å²) in [6, 6.07) is 6.01. The van der Waals surface area contributed by atoms with E-state index in [0.717, 1.165) is 36.1 Å². The molecule has 1 aromatic carbocycles. The molecule has 1 saturated heterocycles. The van der Waals surface area contributed by atoms with Gasteiger partial charge in [0.25, 0.3) is 0 Å². The van der Waals surface area contributed by atoms with Crippen molar-refractivity contribution in [3.8, 4) is 0 Å². The first-order chi connectivity index (χ1) is 9.61. The predicted molar refractivity (Wildman–Crippen MR) is 79.6 cm³/mol. The van der Waals surface area contributed by atoms with E-state index in [4.69, 9.17) is 0 Å². The number of likely N-dealkylation sites (tertiary alicyclic amines) is 1. The molecule has 2 amide bonds. The molecule has 1 N–H and O–H groups in total. The Morgan fingerprint density at radius 2 is 2.15 bits per heavy atom. The van der Waals surface area contributed by atoms with Gasteiger partial charge in [-0.1, -0.05) is 25.1 Å². The number of nitrogens with one attached hydrogen (secondary N) is 1. The van der Waals surface area contributed by atoms with Crippen molar-refractivity contribution in [2.75, 3.05) is 18.4 Å². The highest BCUT2D eigenvalue weighted by atomic mass is 16.2. The molecule has 0 radical (unpaired) electrons. The lowest BCUT2D eigenvalue weighted by atomic mass is 10.1. The first-order valence-corrected chi connectivity index (χ1v) is 7.28. The zero-order chi connectivity index (χ0) is 14.5. The summed E-state index contributed by atoms with van der Waals surface area (Å²) in [4.78, 5) is 25.5. The average molecular weight is 274 g/mol. The Kier molecular flexibility index (Phi) is 4.77. The number of benzene rings is 1. The Bertz CT molecular complexity index is 511. The third-order valence-corrected chi connectivity index (χ3v) is 3.76. The van der Waals surface area contributed by atoms with Gasteiger partial charge in [0.05, 0.1) is 6.54 Å². The Balaban J connectivity index is 2.03. The van der Waals surface area contributed by atoms with Crippen LogP contribution in [0.5, 0.6) is 0 Å². The van der Waals surface area contributed by atoms with Crippen LogP contribution in [-0.2, 0) is 16.0 Å². The molecule has 0 saturated carbocycles. The molecule has 4 nitrogen and oxygen atoms in total. The van der Waals surface area contributed by atoms with Gasteiger partial charge in [-0.05, 0) is 37.3 Å². The van der Waals surface area contributed by atoms with Crippen LogP contribution in [-0.4, -0.2) is 29.8 Å². The van der Waals surface area contributed by atoms with Crippen molar-refractivity contribution >= 4 is 17.5 Å². The summed E-state index contributed by atoms with van der Waals surface area (Å²) < 4.78 is 0. The standard InChI is InChI=1S/C16H22N2O2/c1-3-13-8-6-7-12(2)16(13)17-14(19)11-18-10-5-4-9-15(18)20/h6-8H,3-5,9-11H2,1-2H3,(H,17,19). The topological polar surface area (TPSA) is 49.4 Å². The molecule has 1 fully saturated rings. The number of para-hydroxylation sites is 1. The van der Waals surface area contributed by atoms with Crippen LogP contribution in [0.2, 0.25) is 0 Å². The third-order valence-electron chi connectivity index (χ3n) is 3.76. The number of nitrogens with zero attached hydrogens (tertiary/aromatic N) is 1. The maximum atomic E-state index is 12.1. The summed E-state index contributed by atoms with van der Waals surface area (Å²) in [6.45, 7) is 4.91. The number of piperidine rings is 1. The molecular formula is C16H22N2O2. The van der Waals surface area contributed by atoms with Gasteiger partial charge in [-0.2, -0.15) is 0 Å². The van der Waals surface area contributed by atoms with Crippen molar-refractivity contribution in [1.82, 2.24) is 4.90 Å². The lowest BCUT2D eigenvalue weighted by Gasteiger charge is -2.26. The van der Waals surface area contributed by atoms with E-state index in [9.17, 15) is 9.59 Å². The molecule has 1 heterocycles. The quantitative estimate of drug-likeness (QED) is 0.917. The number of hydrogen-bond acceptors (Lipinski definition) is 2. The van der Waals surface area contributed by atoms with E-state index < -0.39 is 0 Å². The van der Waals surface area contributed by atoms with Crippen LogP contribution in [0.25, 0.3) is 0 Å². The van der Waals surface area contributed by atoms with Crippen LogP contribution in [0.4, 0.5) is 5.69 Å². The predicted octanol–water partition coefficient (Wildman–Crippen LogP) is 2.51. The zero-order valence-electron chi connectivity index (χ0n) is 12.2. The van der Waals surface area contributed by atoms with Crippen molar-refractivity contribution < 1.29 is 9.59 Å². The van der Waals surface area contributed by atoms with E-state index in [1.54, 1.807) is 4.90 Å². The fraction of sp³-hybridized carbons (Fsp3) is 0.500. The SMILES string of the molecule is CCc1cccc(C)c1NC(=O)CN1CCCCC1=O. The van der Waals surface area contributed by atoms with Gasteiger partial charge in [0.1, 0.15) is 0 Å². The molecular weight excluding hydrogens is 252 g/mol. The lowest BCUT2D eigenvalue weighted by molar-refractivity contribution is -0.136. The monoisotopic (exact) mass is 274 g/mol. The fourth-order valence-corrected chi connectivity index (χ4v) is 2.58. The first-order valence-electron chi connectivity index (χ1n) is 7.28. The van der Waals surface area contributed by atoms with Crippen molar-refractivity contribution in [3.63, 3.8) is 0 Å². The second-order valence-electron chi connectivity index (χ2n) is 5.28. The summed E-state index contributed by atoms with van der Waals surface area (Å²) in [5, 5.41) is 2.96. The summed E-state index contributed by atoms with van der Waals surface area (Å²) in [6.07, 6.45) is 3.37. The van der Waals surface area contributed by atoms with Crippen LogP contribution < -0.4 is 5.32 Å². The number of carbonyl (C=O) groups is 2. The first kappa shape index (κ1) is 14.6. The Morgan fingerprint density at radius 3 is 2.85 bits per heavy atom. The Morgan fingerprint density at radius 1 is 1.35 bits per heavy atom. The van der Waals surface area contributed by atoms with E-state index >= 15 is 0 Å². The molecule has 4 heteroatoms. The molecule has 0 aliphatic carbocycles. The molecule has 0 aromatic heterocycles. The number of anilines is 1. The van der Waals surface area contributed by atoms with Gasteiger partial charge >= 0.3 is 0 Å². The molecule has 0 spiro atoms.